The highest BCUT2D eigenvalue weighted by Crippen LogP contribution is 2.32. The molecule has 1 aliphatic heterocycles. The second-order valence-corrected chi connectivity index (χ2v) is 9.52. The Bertz CT molecular complexity index is 1160. The van der Waals surface area contributed by atoms with Crippen molar-refractivity contribution in [2.75, 3.05) is 6.61 Å². The van der Waals surface area contributed by atoms with Gasteiger partial charge >= 0.3 is 5.97 Å². The Hall–Kier alpha value is -3.37. The third-order valence-electron chi connectivity index (χ3n) is 6.57. The van der Waals surface area contributed by atoms with E-state index in [4.69, 9.17) is 23.7 Å². The normalized spacial score (nSPS) is 23.4. The summed E-state index contributed by atoms with van der Waals surface area (Å²) in [7, 11) is 0. The van der Waals surface area contributed by atoms with E-state index in [0.717, 1.165) is 16.7 Å². The molecule has 0 radical (unpaired) electrons. The van der Waals surface area contributed by atoms with Crippen molar-refractivity contribution >= 4 is 5.97 Å². The van der Waals surface area contributed by atoms with Gasteiger partial charge in [-0.15, -0.1) is 6.58 Å². The van der Waals surface area contributed by atoms with Crippen molar-refractivity contribution in [3.05, 3.63) is 120 Å². The van der Waals surface area contributed by atoms with Gasteiger partial charge in [0.25, 0.3) is 0 Å². The number of benzene rings is 3. The van der Waals surface area contributed by atoms with Gasteiger partial charge in [-0.1, -0.05) is 97.1 Å². The molecule has 1 fully saturated rings. The van der Waals surface area contributed by atoms with Crippen molar-refractivity contribution in [1.29, 1.82) is 0 Å². The van der Waals surface area contributed by atoms with Gasteiger partial charge in [0.05, 0.1) is 39.0 Å². The topological polar surface area (TPSA) is 104 Å². The summed E-state index contributed by atoms with van der Waals surface area (Å²) in [5.41, 5.74) is 2.83. The SMILES string of the molecule is C=C[C@@H](CC(=O)O)O[C@@H]1O[C@H](CO)[C@@H](OCc2ccccc2)[C@H](OCc2ccccc2)[C@H]1OCc1ccccc1. The van der Waals surface area contributed by atoms with Gasteiger partial charge in [0.1, 0.15) is 24.4 Å². The third kappa shape index (κ3) is 8.56. The minimum atomic E-state index is -1.06. The van der Waals surface area contributed by atoms with Gasteiger partial charge in [-0.2, -0.15) is 0 Å². The average molecular weight is 549 g/mol. The molecule has 3 aromatic carbocycles. The fourth-order valence-electron chi connectivity index (χ4n) is 4.53. The van der Waals surface area contributed by atoms with E-state index in [9.17, 15) is 15.0 Å². The monoisotopic (exact) mass is 548 g/mol. The van der Waals surface area contributed by atoms with Crippen LogP contribution >= 0.6 is 0 Å². The standard InChI is InChI=1S/C32H36O8/c1-2-26(18-28(34)35)39-32-31(38-22-25-16-10-5-11-17-25)30(37-21-24-14-8-4-9-15-24)29(27(19-33)40-32)36-20-23-12-6-3-7-13-23/h2-17,26-27,29-33H,1,18-22H2,(H,34,35)/t26-,27+,29+,30-,31+,32+/m0/s1. The first-order valence-electron chi connectivity index (χ1n) is 13.3. The molecule has 6 atom stereocenters. The van der Waals surface area contributed by atoms with E-state index < -0.39 is 42.8 Å². The Morgan fingerprint density at radius 1 is 0.775 bits per heavy atom. The molecule has 1 saturated heterocycles. The maximum atomic E-state index is 11.4. The molecule has 212 valence electrons. The molecule has 3 aromatic rings. The smallest absolute Gasteiger partial charge is 0.306 e. The zero-order valence-electron chi connectivity index (χ0n) is 22.3. The number of aliphatic hydroxyl groups excluding tert-OH is 1. The van der Waals surface area contributed by atoms with E-state index in [2.05, 4.69) is 6.58 Å². The van der Waals surface area contributed by atoms with Crippen molar-refractivity contribution in [2.24, 2.45) is 0 Å². The molecule has 0 aromatic heterocycles. The number of carbonyl (C=O) groups is 1. The van der Waals surface area contributed by atoms with Crippen LogP contribution in [0, 0.1) is 0 Å². The summed E-state index contributed by atoms with van der Waals surface area (Å²) in [5.74, 6) is -1.04. The van der Waals surface area contributed by atoms with Crippen LogP contribution in [0.3, 0.4) is 0 Å². The van der Waals surface area contributed by atoms with Crippen molar-refractivity contribution in [2.45, 2.75) is 63.1 Å². The van der Waals surface area contributed by atoms with Crippen LogP contribution in [0.2, 0.25) is 0 Å². The molecule has 1 aliphatic rings. The predicted molar refractivity (Wildman–Crippen MR) is 148 cm³/mol. The van der Waals surface area contributed by atoms with Crippen LogP contribution in [0.4, 0.5) is 0 Å². The summed E-state index contributed by atoms with van der Waals surface area (Å²) < 4.78 is 31.5. The Balaban J connectivity index is 1.63. The molecular formula is C32H36O8. The van der Waals surface area contributed by atoms with Gasteiger partial charge in [-0.25, -0.2) is 0 Å². The minimum absolute atomic E-state index is 0.229. The molecule has 0 saturated carbocycles. The van der Waals surface area contributed by atoms with Gasteiger partial charge in [-0.3, -0.25) is 4.79 Å². The molecule has 2 N–H and O–H groups in total. The summed E-state index contributed by atoms with van der Waals surface area (Å²) >= 11 is 0. The fourth-order valence-corrected chi connectivity index (χ4v) is 4.53. The van der Waals surface area contributed by atoms with Gasteiger partial charge in [-0.05, 0) is 16.7 Å². The largest absolute Gasteiger partial charge is 0.481 e. The lowest BCUT2D eigenvalue weighted by Gasteiger charge is -2.46. The van der Waals surface area contributed by atoms with Crippen LogP contribution in [0.15, 0.2) is 104 Å². The minimum Gasteiger partial charge on any atom is -0.481 e. The Morgan fingerprint density at radius 2 is 1.23 bits per heavy atom. The predicted octanol–water partition coefficient (Wildman–Crippen LogP) is 4.51. The first-order valence-corrected chi connectivity index (χ1v) is 13.3. The Morgan fingerprint density at radius 3 is 1.65 bits per heavy atom. The van der Waals surface area contributed by atoms with Crippen LogP contribution < -0.4 is 0 Å². The van der Waals surface area contributed by atoms with Crippen LogP contribution in [0.5, 0.6) is 0 Å². The van der Waals surface area contributed by atoms with Crippen LogP contribution in [-0.4, -0.2) is 59.6 Å². The lowest BCUT2D eigenvalue weighted by Crippen LogP contribution is -2.62. The number of hydrogen-bond donors (Lipinski definition) is 2. The maximum absolute atomic E-state index is 11.4. The highest BCUT2D eigenvalue weighted by atomic mass is 16.7. The highest BCUT2D eigenvalue weighted by Gasteiger charge is 2.49. The number of carboxylic acid groups (broad SMARTS) is 1. The second kappa shape index (κ2) is 15.4. The summed E-state index contributed by atoms with van der Waals surface area (Å²) in [6.45, 7) is 4.10. The van der Waals surface area contributed by atoms with Gasteiger partial charge in [0, 0.05) is 0 Å². The molecule has 1 heterocycles. The Labute approximate surface area is 234 Å². The molecule has 0 bridgehead atoms. The van der Waals surface area contributed by atoms with E-state index in [1.165, 1.54) is 6.08 Å². The molecule has 8 nitrogen and oxygen atoms in total. The lowest BCUT2D eigenvalue weighted by molar-refractivity contribution is -0.331. The number of aliphatic carboxylic acids is 1. The first-order chi connectivity index (χ1) is 19.6. The third-order valence-corrected chi connectivity index (χ3v) is 6.57. The summed E-state index contributed by atoms with van der Waals surface area (Å²) in [6.07, 6.45) is -3.86. The number of rotatable bonds is 15. The van der Waals surface area contributed by atoms with Crippen molar-refractivity contribution in [3.8, 4) is 0 Å². The molecular weight excluding hydrogens is 512 g/mol. The molecule has 0 spiro atoms. The molecule has 40 heavy (non-hydrogen) atoms. The summed E-state index contributed by atoms with van der Waals surface area (Å²) in [5, 5.41) is 19.7. The van der Waals surface area contributed by atoms with E-state index in [1.54, 1.807) is 0 Å². The van der Waals surface area contributed by atoms with Crippen molar-refractivity contribution < 1.29 is 38.7 Å². The van der Waals surface area contributed by atoms with E-state index in [-0.39, 0.29) is 32.8 Å². The quantitative estimate of drug-likeness (QED) is 0.268. The molecule has 4 rings (SSSR count). The van der Waals surface area contributed by atoms with Crippen LogP contribution in [-0.2, 0) is 48.3 Å². The summed E-state index contributed by atoms with van der Waals surface area (Å²) in [6, 6.07) is 29.0. The molecule has 0 amide bonds. The number of carboxylic acids is 1. The average Bonchev–Trinajstić information content (AvgIpc) is 2.99. The van der Waals surface area contributed by atoms with Gasteiger partial charge in [0.15, 0.2) is 6.29 Å². The summed E-state index contributed by atoms with van der Waals surface area (Å²) in [4.78, 5) is 11.4. The Kier molecular flexibility index (Phi) is 11.4. The zero-order valence-corrected chi connectivity index (χ0v) is 22.3. The molecule has 8 heteroatoms. The number of hydrogen-bond acceptors (Lipinski definition) is 7. The van der Waals surface area contributed by atoms with Gasteiger partial charge in [0.2, 0.25) is 0 Å². The number of ether oxygens (including phenoxy) is 5. The number of aliphatic hydroxyl groups is 1. The first kappa shape index (κ1) is 29.6. The maximum Gasteiger partial charge on any atom is 0.306 e. The molecule has 0 unspecified atom stereocenters. The van der Waals surface area contributed by atoms with E-state index in [1.807, 2.05) is 91.0 Å². The second-order valence-electron chi connectivity index (χ2n) is 9.52. The van der Waals surface area contributed by atoms with E-state index >= 15 is 0 Å². The van der Waals surface area contributed by atoms with Crippen molar-refractivity contribution in [1.82, 2.24) is 0 Å². The van der Waals surface area contributed by atoms with E-state index in [0.29, 0.717) is 0 Å². The van der Waals surface area contributed by atoms with Gasteiger partial charge < -0.3 is 33.9 Å². The highest BCUT2D eigenvalue weighted by molar-refractivity contribution is 5.67. The van der Waals surface area contributed by atoms with Crippen molar-refractivity contribution in [3.63, 3.8) is 0 Å². The van der Waals surface area contributed by atoms with Crippen LogP contribution in [0.25, 0.3) is 0 Å². The zero-order chi connectivity index (χ0) is 28.2. The molecule has 0 aliphatic carbocycles. The fraction of sp³-hybridized carbons (Fsp3) is 0.344. The lowest BCUT2D eigenvalue weighted by atomic mass is 9.97. The van der Waals surface area contributed by atoms with Crippen LogP contribution in [0.1, 0.15) is 23.1 Å².